The summed E-state index contributed by atoms with van der Waals surface area (Å²) < 4.78 is 4.43. The van der Waals surface area contributed by atoms with E-state index in [9.17, 15) is 4.79 Å². The van der Waals surface area contributed by atoms with Gasteiger partial charge in [-0.1, -0.05) is 60.7 Å². The standard InChI is InChI=1S/C14H14.C4H9NO2/c1-3-7-13(8-4-1)11-12-14-9-5-2-6-10-14;1-2-7-4(6)3-5/h1-10H,11-12H2;2-3,5H2,1H3. The van der Waals surface area contributed by atoms with Crippen LogP contribution in [0.4, 0.5) is 0 Å². The van der Waals surface area contributed by atoms with Crippen LogP contribution in [0.15, 0.2) is 60.7 Å². The van der Waals surface area contributed by atoms with Gasteiger partial charge in [-0.25, -0.2) is 0 Å². The number of aryl methyl sites for hydroxylation is 2. The number of benzene rings is 2. The number of hydrogen-bond acceptors (Lipinski definition) is 3. The third-order valence-electron chi connectivity index (χ3n) is 2.86. The number of rotatable bonds is 5. The second-order valence-corrected chi connectivity index (χ2v) is 4.48. The van der Waals surface area contributed by atoms with Crippen LogP contribution < -0.4 is 5.73 Å². The van der Waals surface area contributed by atoms with Crippen LogP contribution in [-0.4, -0.2) is 19.1 Å². The third kappa shape index (κ3) is 7.90. The zero-order valence-corrected chi connectivity index (χ0v) is 12.5. The van der Waals surface area contributed by atoms with Gasteiger partial charge in [0.1, 0.15) is 0 Å². The van der Waals surface area contributed by atoms with Gasteiger partial charge in [0.15, 0.2) is 0 Å². The van der Waals surface area contributed by atoms with E-state index in [4.69, 9.17) is 5.73 Å². The number of carbonyl (C=O) groups is 1. The zero-order valence-electron chi connectivity index (χ0n) is 12.5. The van der Waals surface area contributed by atoms with Crippen LogP contribution in [-0.2, 0) is 22.4 Å². The molecule has 0 unspecified atom stereocenters. The number of carbonyl (C=O) groups excluding carboxylic acids is 1. The number of esters is 1. The van der Waals surface area contributed by atoms with Crippen LogP contribution in [0, 0.1) is 0 Å². The van der Waals surface area contributed by atoms with Crippen LogP contribution in [0.1, 0.15) is 18.1 Å². The summed E-state index contributed by atoms with van der Waals surface area (Å²) in [6, 6.07) is 21.2. The Morgan fingerprint density at radius 1 is 0.905 bits per heavy atom. The summed E-state index contributed by atoms with van der Waals surface area (Å²) in [7, 11) is 0. The summed E-state index contributed by atoms with van der Waals surface area (Å²) in [6.45, 7) is 2.14. The minimum atomic E-state index is -0.345. The topological polar surface area (TPSA) is 52.3 Å². The van der Waals surface area contributed by atoms with Crippen LogP contribution >= 0.6 is 0 Å². The Labute approximate surface area is 126 Å². The van der Waals surface area contributed by atoms with E-state index >= 15 is 0 Å². The van der Waals surface area contributed by atoms with Gasteiger partial charge in [-0.05, 0) is 30.9 Å². The third-order valence-corrected chi connectivity index (χ3v) is 2.86. The van der Waals surface area contributed by atoms with E-state index in [1.807, 2.05) is 0 Å². The molecule has 2 N–H and O–H groups in total. The van der Waals surface area contributed by atoms with Crippen molar-refractivity contribution in [3.63, 3.8) is 0 Å². The van der Waals surface area contributed by atoms with Gasteiger partial charge in [-0.3, -0.25) is 4.79 Å². The van der Waals surface area contributed by atoms with E-state index in [2.05, 4.69) is 65.4 Å². The lowest BCUT2D eigenvalue weighted by Gasteiger charge is -2.01. The lowest BCUT2D eigenvalue weighted by molar-refractivity contribution is -0.141. The molecule has 2 rings (SSSR count). The van der Waals surface area contributed by atoms with Crippen LogP contribution in [0.3, 0.4) is 0 Å². The fourth-order valence-corrected chi connectivity index (χ4v) is 1.80. The Morgan fingerprint density at radius 3 is 1.62 bits per heavy atom. The van der Waals surface area contributed by atoms with Gasteiger partial charge in [0.25, 0.3) is 0 Å². The van der Waals surface area contributed by atoms with Gasteiger partial charge < -0.3 is 10.5 Å². The maximum atomic E-state index is 10.1. The molecule has 0 amide bonds. The van der Waals surface area contributed by atoms with Crippen LogP contribution in [0.2, 0.25) is 0 Å². The maximum absolute atomic E-state index is 10.1. The number of hydrogen-bond donors (Lipinski definition) is 1. The molecule has 0 bridgehead atoms. The van der Waals surface area contributed by atoms with Gasteiger partial charge in [0.2, 0.25) is 0 Å². The highest BCUT2D eigenvalue weighted by atomic mass is 16.5. The van der Waals surface area contributed by atoms with Gasteiger partial charge in [-0.2, -0.15) is 0 Å². The molecule has 0 saturated carbocycles. The molecule has 0 aliphatic heterocycles. The Bertz CT molecular complexity index is 458. The average Bonchev–Trinajstić information content (AvgIpc) is 2.56. The van der Waals surface area contributed by atoms with Crippen molar-refractivity contribution in [1.82, 2.24) is 0 Å². The minimum absolute atomic E-state index is 0.0200. The van der Waals surface area contributed by atoms with Gasteiger partial charge in [0.05, 0.1) is 13.2 Å². The SMILES string of the molecule is CCOC(=O)CN.c1ccc(CCc2ccccc2)cc1. The largest absolute Gasteiger partial charge is 0.465 e. The van der Waals surface area contributed by atoms with Crippen molar-refractivity contribution in [1.29, 1.82) is 0 Å². The first-order valence-corrected chi connectivity index (χ1v) is 7.19. The molecule has 3 nitrogen and oxygen atoms in total. The fraction of sp³-hybridized carbons (Fsp3) is 0.278. The lowest BCUT2D eigenvalue weighted by Crippen LogP contribution is -2.16. The molecule has 0 atom stereocenters. The molecular formula is C18H23NO2. The highest BCUT2D eigenvalue weighted by Crippen LogP contribution is 2.06. The molecule has 2 aromatic rings. The van der Waals surface area contributed by atoms with E-state index in [1.165, 1.54) is 11.1 Å². The molecular weight excluding hydrogens is 262 g/mol. The molecule has 0 aliphatic carbocycles. The zero-order chi connectivity index (χ0) is 15.3. The van der Waals surface area contributed by atoms with Crippen molar-refractivity contribution in [2.75, 3.05) is 13.2 Å². The monoisotopic (exact) mass is 285 g/mol. The van der Waals surface area contributed by atoms with Crippen molar-refractivity contribution in [2.24, 2.45) is 5.73 Å². The Kier molecular flexibility index (Phi) is 8.57. The predicted molar refractivity (Wildman–Crippen MR) is 86.0 cm³/mol. The van der Waals surface area contributed by atoms with E-state index in [1.54, 1.807) is 6.92 Å². The first-order chi connectivity index (χ1) is 10.3. The normalized spacial score (nSPS) is 9.43. The van der Waals surface area contributed by atoms with E-state index in [-0.39, 0.29) is 12.5 Å². The van der Waals surface area contributed by atoms with Crippen molar-refractivity contribution in [3.05, 3.63) is 71.8 Å². The minimum Gasteiger partial charge on any atom is -0.465 e. The summed E-state index contributed by atoms with van der Waals surface area (Å²) >= 11 is 0. The number of ether oxygens (including phenoxy) is 1. The summed E-state index contributed by atoms with van der Waals surface area (Å²) in [5.74, 6) is -0.345. The second-order valence-electron chi connectivity index (χ2n) is 4.48. The van der Waals surface area contributed by atoms with Crippen molar-refractivity contribution in [3.8, 4) is 0 Å². The van der Waals surface area contributed by atoms with Crippen molar-refractivity contribution >= 4 is 5.97 Å². The molecule has 0 aromatic heterocycles. The van der Waals surface area contributed by atoms with Crippen LogP contribution in [0.25, 0.3) is 0 Å². The molecule has 112 valence electrons. The van der Waals surface area contributed by atoms with Crippen molar-refractivity contribution in [2.45, 2.75) is 19.8 Å². The molecule has 0 radical (unpaired) electrons. The Balaban J connectivity index is 0.000000270. The molecule has 2 aromatic carbocycles. The molecule has 3 heteroatoms. The van der Waals surface area contributed by atoms with E-state index in [0.717, 1.165) is 12.8 Å². The highest BCUT2D eigenvalue weighted by molar-refractivity contribution is 5.71. The predicted octanol–water partition coefficient (Wildman–Crippen LogP) is 2.98. The molecule has 0 heterocycles. The number of nitrogens with two attached hydrogens (primary N) is 1. The summed E-state index contributed by atoms with van der Waals surface area (Å²) in [5.41, 5.74) is 7.71. The molecule has 0 saturated heterocycles. The van der Waals surface area contributed by atoms with Gasteiger partial charge in [-0.15, -0.1) is 0 Å². The molecule has 0 aliphatic rings. The van der Waals surface area contributed by atoms with E-state index in [0.29, 0.717) is 6.61 Å². The summed E-state index contributed by atoms with van der Waals surface area (Å²) in [5, 5.41) is 0. The Morgan fingerprint density at radius 2 is 1.33 bits per heavy atom. The first-order valence-electron chi connectivity index (χ1n) is 7.19. The van der Waals surface area contributed by atoms with Crippen molar-refractivity contribution < 1.29 is 9.53 Å². The maximum Gasteiger partial charge on any atom is 0.319 e. The average molecular weight is 285 g/mol. The Hall–Kier alpha value is -2.13. The van der Waals surface area contributed by atoms with Crippen LogP contribution in [0.5, 0.6) is 0 Å². The first kappa shape index (κ1) is 16.9. The molecule has 21 heavy (non-hydrogen) atoms. The fourth-order valence-electron chi connectivity index (χ4n) is 1.80. The quantitative estimate of drug-likeness (QED) is 0.859. The van der Waals surface area contributed by atoms with E-state index < -0.39 is 0 Å². The summed E-state index contributed by atoms with van der Waals surface area (Å²) in [6.07, 6.45) is 2.26. The van der Waals surface area contributed by atoms with Gasteiger partial charge >= 0.3 is 5.97 Å². The smallest absolute Gasteiger partial charge is 0.319 e. The van der Waals surface area contributed by atoms with Gasteiger partial charge in [0, 0.05) is 0 Å². The lowest BCUT2D eigenvalue weighted by atomic mass is 10.0. The summed E-state index contributed by atoms with van der Waals surface area (Å²) in [4.78, 5) is 10.1. The molecule has 0 fully saturated rings. The molecule has 0 spiro atoms. The second kappa shape index (κ2) is 10.6. The highest BCUT2D eigenvalue weighted by Gasteiger charge is 1.93.